The van der Waals surface area contributed by atoms with Gasteiger partial charge < -0.3 is 5.32 Å². The Bertz CT molecular complexity index is 435. The van der Waals surface area contributed by atoms with Gasteiger partial charge in [0.15, 0.2) is 0 Å². The summed E-state index contributed by atoms with van der Waals surface area (Å²) >= 11 is 9.88. The topological polar surface area (TPSA) is 12.0 Å². The average Bonchev–Trinajstić information content (AvgIpc) is 2.44. The van der Waals surface area contributed by atoms with Gasteiger partial charge in [0.25, 0.3) is 0 Å². The van der Waals surface area contributed by atoms with Crippen molar-refractivity contribution in [2.45, 2.75) is 52.0 Å². The van der Waals surface area contributed by atoms with Crippen LogP contribution in [-0.2, 0) is 6.42 Å². The summed E-state index contributed by atoms with van der Waals surface area (Å²) in [5, 5.41) is 4.57. The standard InChI is InChI=1S/C17H25BrClN/c1-3-12-5-8-17(20-4-2)14(9-12)10-13-6-7-15(18)11-16(13)19/h6-7,11-12,14,17,20H,3-5,8-10H2,1-2H3. The molecule has 0 radical (unpaired) electrons. The zero-order chi connectivity index (χ0) is 14.5. The summed E-state index contributed by atoms with van der Waals surface area (Å²) in [5.74, 6) is 1.61. The molecule has 0 bridgehead atoms. The summed E-state index contributed by atoms with van der Waals surface area (Å²) < 4.78 is 1.06. The predicted octanol–water partition coefficient (Wildman–Crippen LogP) is 5.45. The number of hydrogen-bond donors (Lipinski definition) is 1. The number of nitrogens with one attached hydrogen (secondary N) is 1. The van der Waals surface area contributed by atoms with Gasteiger partial charge in [-0.1, -0.05) is 53.9 Å². The largest absolute Gasteiger partial charge is 0.314 e. The minimum atomic E-state index is 0.655. The third kappa shape index (κ3) is 4.22. The van der Waals surface area contributed by atoms with Crippen molar-refractivity contribution in [2.24, 2.45) is 11.8 Å². The van der Waals surface area contributed by atoms with E-state index in [4.69, 9.17) is 11.6 Å². The second kappa shape index (κ2) is 7.82. The van der Waals surface area contributed by atoms with E-state index in [0.29, 0.717) is 12.0 Å². The van der Waals surface area contributed by atoms with Crippen molar-refractivity contribution >= 4 is 27.5 Å². The van der Waals surface area contributed by atoms with E-state index in [9.17, 15) is 0 Å². The summed E-state index contributed by atoms with van der Waals surface area (Å²) in [4.78, 5) is 0. The van der Waals surface area contributed by atoms with E-state index >= 15 is 0 Å². The molecule has 1 saturated carbocycles. The van der Waals surface area contributed by atoms with Gasteiger partial charge in [0, 0.05) is 15.5 Å². The molecule has 3 heteroatoms. The Morgan fingerprint density at radius 3 is 2.75 bits per heavy atom. The van der Waals surface area contributed by atoms with Crippen LogP contribution >= 0.6 is 27.5 Å². The molecular weight excluding hydrogens is 334 g/mol. The Hall–Kier alpha value is -0.0500. The Balaban J connectivity index is 2.09. The maximum atomic E-state index is 6.39. The Kier molecular flexibility index (Phi) is 6.38. The van der Waals surface area contributed by atoms with E-state index in [0.717, 1.165) is 28.4 Å². The van der Waals surface area contributed by atoms with Gasteiger partial charge in [0.05, 0.1) is 0 Å². The lowest BCUT2D eigenvalue weighted by molar-refractivity contribution is 0.200. The molecule has 1 aliphatic rings. The maximum absolute atomic E-state index is 6.39. The van der Waals surface area contributed by atoms with Crippen LogP contribution in [0.25, 0.3) is 0 Å². The van der Waals surface area contributed by atoms with Crippen molar-refractivity contribution in [1.29, 1.82) is 0 Å². The molecule has 112 valence electrons. The third-order valence-electron chi connectivity index (χ3n) is 4.63. The van der Waals surface area contributed by atoms with Crippen LogP contribution in [0.3, 0.4) is 0 Å². The molecule has 0 saturated heterocycles. The summed E-state index contributed by atoms with van der Waals surface area (Å²) in [6, 6.07) is 6.94. The van der Waals surface area contributed by atoms with Crippen LogP contribution < -0.4 is 5.32 Å². The van der Waals surface area contributed by atoms with Crippen LogP contribution in [0.1, 0.15) is 45.1 Å². The van der Waals surface area contributed by atoms with Gasteiger partial charge in [0.2, 0.25) is 0 Å². The SMILES string of the molecule is CCNC1CCC(CC)CC1Cc1ccc(Br)cc1Cl. The van der Waals surface area contributed by atoms with Crippen molar-refractivity contribution in [3.63, 3.8) is 0 Å². The molecule has 0 aliphatic heterocycles. The Morgan fingerprint density at radius 1 is 1.30 bits per heavy atom. The van der Waals surface area contributed by atoms with Crippen LogP contribution in [0.5, 0.6) is 0 Å². The van der Waals surface area contributed by atoms with E-state index in [1.807, 2.05) is 6.07 Å². The molecule has 1 aromatic carbocycles. The minimum Gasteiger partial charge on any atom is -0.314 e. The molecule has 3 unspecified atom stereocenters. The first-order chi connectivity index (χ1) is 9.63. The highest BCUT2D eigenvalue weighted by molar-refractivity contribution is 9.10. The number of rotatable bonds is 5. The highest BCUT2D eigenvalue weighted by Crippen LogP contribution is 2.35. The molecule has 1 aromatic rings. The lowest BCUT2D eigenvalue weighted by atomic mass is 9.74. The Morgan fingerprint density at radius 2 is 2.10 bits per heavy atom. The van der Waals surface area contributed by atoms with Gasteiger partial charge in [-0.25, -0.2) is 0 Å². The van der Waals surface area contributed by atoms with Crippen molar-refractivity contribution in [1.82, 2.24) is 5.32 Å². The molecule has 0 amide bonds. The average molecular weight is 359 g/mol. The second-order valence-electron chi connectivity index (χ2n) is 5.95. The molecule has 1 aliphatic carbocycles. The molecule has 0 spiro atoms. The first-order valence-electron chi connectivity index (χ1n) is 7.81. The summed E-state index contributed by atoms with van der Waals surface area (Å²) in [6.45, 7) is 5.59. The monoisotopic (exact) mass is 357 g/mol. The molecule has 2 rings (SSSR count). The van der Waals surface area contributed by atoms with Crippen LogP contribution in [0.2, 0.25) is 5.02 Å². The smallest absolute Gasteiger partial charge is 0.0449 e. The third-order valence-corrected chi connectivity index (χ3v) is 5.48. The fourth-order valence-electron chi connectivity index (χ4n) is 3.46. The van der Waals surface area contributed by atoms with Crippen LogP contribution in [-0.4, -0.2) is 12.6 Å². The quantitative estimate of drug-likeness (QED) is 0.738. The van der Waals surface area contributed by atoms with Crippen molar-refractivity contribution in [3.8, 4) is 0 Å². The fourth-order valence-corrected chi connectivity index (χ4v) is 4.21. The van der Waals surface area contributed by atoms with E-state index < -0.39 is 0 Å². The van der Waals surface area contributed by atoms with Gasteiger partial charge >= 0.3 is 0 Å². The number of halogens is 2. The van der Waals surface area contributed by atoms with Crippen molar-refractivity contribution in [2.75, 3.05) is 6.54 Å². The molecule has 3 atom stereocenters. The number of benzene rings is 1. The van der Waals surface area contributed by atoms with Crippen LogP contribution in [0.4, 0.5) is 0 Å². The Labute approximate surface area is 136 Å². The maximum Gasteiger partial charge on any atom is 0.0449 e. The van der Waals surface area contributed by atoms with Gasteiger partial charge in [-0.2, -0.15) is 0 Å². The van der Waals surface area contributed by atoms with E-state index in [1.165, 1.54) is 31.2 Å². The zero-order valence-electron chi connectivity index (χ0n) is 12.5. The lowest BCUT2D eigenvalue weighted by Crippen LogP contribution is -2.41. The van der Waals surface area contributed by atoms with Gasteiger partial charge in [-0.15, -0.1) is 0 Å². The lowest BCUT2D eigenvalue weighted by Gasteiger charge is -2.36. The zero-order valence-corrected chi connectivity index (χ0v) is 14.8. The minimum absolute atomic E-state index is 0.655. The van der Waals surface area contributed by atoms with Gasteiger partial charge in [-0.05, 0) is 61.8 Å². The molecular formula is C17H25BrClN. The van der Waals surface area contributed by atoms with Crippen molar-refractivity contribution < 1.29 is 0 Å². The molecule has 0 aromatic heterocycles. The summed E-state index contributed by atoms with van der Waals surface area (Å²) in [7, 11) is 0. The van der Waals surface area contributed by atoms with Crippen molar-refractivity contribution in [3.05, 3.63) is 33.3 Å². The molecule has 0 heterocycles. The molecule has 1 N–H and O–H groups in total. The second-order valence-corrected chi connectivity index (χ2v) is 7.27. The summed E-state index contributed by atoms with van der Waals surface area (Å²) in [5.41, 5.74) is 1.29. The van der Waals surface area contributed by atoms with Crippen LogP contribution in [0.15, 0.2) is 22.7 Å². The number of hydrogen-bond acceptors (Lipinski definition) is 1. The first kappa shape index (κ1) is 16.3. The summed E-state index contributed by atoms with van der Waals surface area (Å²) in [6.07, 6.45) is 6.42. The van der Waals surface area contributed by atoms with Crippen LogP contribution in [0, 0.1) is 11.8 Å². The fraction of sp³-hybridized carbons (Fsp3) is 0.647. The van der Waals surface area contributed by atoms with E-state index in [1.54, 1.807) is 0 Å². The van der Waals surface area contributed by atoms with Gasteiger partial charge in [0.1, 0.15) is 0 Å². The molecule has 1 fully saturated rings. The normalized spacial score (nSPS) is 26.7. The predicted molar refractivity (Wildman–Crippen MR) is 91.4 cm³/mol. The van der Waals surface area contributed by atoms with E-state index in [2.05, 4.69) is 47.2 Å². The molecule has 20 heavy (non-hydrogen) atoms. The highest BCUT2D eigenvalue weighted by atomic mass is 79.9. The van der Waals surface area contributed by atoms with E-state index in [-0.39, 0.29) is 0 Å². The highest BCUT2D eigenvalue weighted by Gasteiger charge is 2.29. The molecule has 1 nitrogen and oxygen atoms in total. The van der Waals surface area contributed by atoms with Gasteiger partial charge in [-0.3, -0.25) is 0 Å². The first-order valence-corrected chi connectivity index (χ1v) is 8.98.